The first-order valence-corrected chi connectivity index (χ1v) is 9.03. The van der Waals surface area contributed by atoms with Crippen LogP contribution in [-0.2, 0) is 17.6 Å². The van der Waals surface area contributed by atoms with Crippen LogP contribution < -0.4 is 14.8 Å². The molecule has 0 unspecified atom stereocenters. The Bertz CT molecular complexity index is 919. The van der Waals surface area contributed by atoms with Gasteiger partial charge in [0.15, 0.2) is 11.5 Å². The summed E-state index contributed by atoms with van der Waals surface area (Å²) in [6.45, 7) is 0.549. The molecule has 0 aliphatic carbocycles. The number of hydrogen-bond donors (Lipinski definition) is 1. The van der Waals surface area contributed by atoms with Crippen LogP contribution in [0.2, 0.25) is 0 Å². The molecule has 0 bridgehead atoms. The Morgan fingerprint density at radius 1 is 1.12 bits per heavy atom. The maximum Gasteiger partial charge on any atom is 0.224 e. The number of fused-ring (bicyclic) bond motifs is 1. The lowest BCUT2D eigenvalue weighted by atomic mass is 10.1. The molecule has 1 N–H and O–H groups in total. The first kappa shape index (κ1) is 18.3. The van der Waals surface area contributed by atoms with E-state index in [0.29, 0.717) is 24.5 Å². The Labute approximate surface area is 160 Å². The minimum atomic E-state index is -0.0341. The molecular weight excluding hydrogens is 398 g/mol. The highest BCUT2D eigenvalue weighted by Gasteiger charge is 2.11. The molecule has 0 fully saturated rings. The van der Waals surface area contributed by atoms with Gasteiger partial charge in [0.2, 0.25) is 5.91 Å². The summed E-state index contributed by atoms with van der Waals surface area (Å²) in [5.74, 6) is 1.35. The van der Waals surface area contributed by atoms with E-state index in [-0.39, 0.29) is 12.3 Å². The number of nitrogens with one attached hydrogen (secondary N) is 1. The SMILES string of the molecule is COc1ccc(CCNC(=O)Cc2coc3ccc(Br)cc23)cc1OC. The molecule has 0 spiro atoms. The van der Waals surface area contributed by atoms with Crippen molar-refractivity contribution < 1.29 is 18.7 Å². The maximum absolute atomic E-state index is 12.2. The summed E-state index contributed by atoms with van der Waals surface area (Å²) in [6.07, 6.45) is 2.64. The molecule has 26 heavy (non-hydrogen) atoms. The molecule has 136 valence electrons. The Kier molecular flexibility index (Phi) is 5.83. The van der Waals surface area contributed by atoms with Crippen molar-refractivity contribution in [2.45, 2.75) is 12.8 Å². The molecule has 1 aromatic heterocycles. The number of methoxy groups -OCH3 is 2. The third-order valence-corrected chi connectivity index (χ3v) is 4.64. The molecule has 5 nitrogen and oxygen atoms in total. The van der Waals surface area contributed by atoms with Gasteiger partial charge in [-0.3, -0.25) is 4.79 Å². The van der Waals surface area contributed by atoms with E-state index >= 15 is 0 Å². The molecule has 2 aromatic carbocycles. The Morgan fingerprint density at radius 2 is 1.92 bits per heavy atom. The zero-order valence-corrected chi connectivity index (χ0v) is 16.3. The van der Waals surface area contributed by atoms with Crippen molar-refractivity contribution in [2.24, 2.45) is 0 Å². The molecule has 6 heteroatoms. The van der Waals surface area contributed by atoms with E-state index in [2.05, 4.69) is 21.2 Å². The molecule has 1 heterocycles. The van der Waals surface area contributed by atoms with Gasteiger partial charge in [0.05, 0.1) is 26.9 Å². The van der Waals surface area contributed by atoms with Gasteiger partial charge in [-0.25, -0.2) is 0 Å². The lowest BCUT2D eigenvalue weighted by molar-refractivity contribution is -0.120. The van der Waals surface area contributed by atoms with E-state index in [0.717, 1.165) is 26.6 Å². The van der Waals surface area contributed by atoms with Crippen LogP contribution in [0.25, 0.3) is 11.0 Å². The average molecular weight is 418 g/mol. The minimum Gasteiger partial charge on any atom is -0.493 e. The first-order chi connectivity index (χ1) is 12.6. The molecule has 0 atom stereocenters. The van der Waals surface area contributed by atoms with Crippen molar-refractivity contribution in [3.05, 3.63) is 58.3 Å². The molecule has 0 saturated carbocycles. The normalized spacial score (nSPS) is 10.7. The van der Waals surface area contributed by atoms with Crippen LogP contribution in [0, 0.1) is 0 Å². The smallest absolute Gasteiger partial charge is 0.224 e. The Morgan fingerprint density at radius 3 is 2.69 bits per heavy atom. The molecule has 3 aromatic rings. The molecule has 0 aliphatic rings. The predicted octanol–water partition coefficient (Wildman–Crippen LogP) is 4.11. The highest BCUT2D eigenvalue weighted by molar-refractivity contribution is 9.10. The van der Waals surface area contributed by atoms with Gasteiger partial charge in [-0.15, -0.1) is 0 Å². The van der Waals surface area contributed by atoms with E-state index in [9.17, 15) is 4.79 Å². The molecule has 1 amide bonds. The molecule has 0 saturated heterocycles. The molecule has 0 aliphatic heterocycles. The Hall–Kier alpha value is -2.47. The molecule has 3 rings (SSSR count). The van der Waals surface area contributed by atoms with Crippen molar-refractivity contribution in [3.8, 4) is 11.5 Å². The van der Waals surface area contributed by atoms with Crippen LogP contribution in [0.4, 0.5) is 0 Å². The summed E-state index contributed by atoms with van der Waals surface area (Å²) in [6, 6.07) is 11.5. The van der Waals surface area contributed by atoms with Crippen LogP contribution in [0.1, 0.15) is 11.1 Å². The maximum atomic E-state index is 12.2. The third-order valence-electron chi connectivity index (χ3n) is 4.15. The van der Waals surface area contributed by atoms with E-state index in [1.807, 2.05) is 36.4 Å². The van der Waals surface area contributed by atoms with Gasteiger partial charge >= 0.3 is 0 Å². The number of halogens is 1. The quantitative estimate of drug-likeness (QED) is 0.628. The lowest BCUT2D eigenvalue weighted by Gasteiger charge is -2.10. The second kappa shape index (κ2) is 8.27. The van der Waals surface area contributed by atoms with Crippen molar-refractivity contribution in [2.75, 3.05) is 20.8 Å². The van der Waals surface area contributed by atoms with Crippen molar-refractivity contribution in [1.82, 2.24) is 5.32 Å². The van der Waals surface area contributed by atoms with Crippen LogP contribution >= 0.6 is 15.9 Å². The topological polar surface area (TPSA) is 60.7 Å². The summed E-state index contributed by atoms with van der Waals surface area (Å²) < 4.78 is 17.0. The van der Waals surface area contributed by atoms with E-state index in [1.165, 1.54) is 0 Å². The summed E-state index contributed by atoms with van der Waals surface area (Å²) in [5.41, 5.74) is 2.73. The molecular formula is C20H20BrNO4. The lowest BCUT2D eigenvalue weighted by Crippen LogP contribution is -2.27. The van der Waals surface area contributed by atoms with E-state index in [4.69, 9.17) is 13.9 Å². The summed E-state index contributed by atoms with van der Waals surface area (Å²) in [5, 5.41) is 3.90. The van der Waals surface area contributed by atoms with Crippen LogP contribution in [0.3, 0.4) is 0 Å². The summed E-state index contributed by atoms with van der Waals surface area (Å²) >= 11 is 3.45. The van der Waals surface area contributed by atoms with Crippen molar-refractivity contribution in [3.63, 3.8) is 0 Å². The second-order valence-corrected chi connectivity index (χ2v) is 6.78. The van der Waals surface area contributed by atoms with E-state index < -0.39 is 0 Å². The number of ether oxygens (including phenoxy) is 2. The third kappa shape index (κ3) is 4.19. The number of hydrogen-bond acceptors (Lipinski definition) is 4. The highest BCUT2D eigenvalue weighted by Crippen LogP contribution is 2.28. The van der Waals surface area contributed by atoms with Crippen LogP contribution in [0.5, 0.6) is 11.5 Å². The van der Waals surface area contributed by atoms with Crippen LogP contribution in [0.15, 0.2) is 51.6 Å². The summed E-state index contributed by atoms with van der Waals surface area (Å²) in [4.78, 5) is 12.2. The fraction of sp³-hybridized carbons (Fsp3) is 0.250. The van der Waals surface area contributed by atoms with Gasteiger partial charge in [-0.1, -0.05) is 22.0 Å². The van der Waals surface area contributed by atoms with Gasteiger partial charge in [0.1, 0.15) is 5.58 Å². The second-order valence-electron chi connectivity index (χ2n) is 5.87. The van der Waals surface area contributed by atoms with Gasteiger partial charge in [0.25, 0.3) is 0 Å². The number of benzene rings is 2. The molecule has 0 radical (unpaired) electrons. The van der Waals surface area contributed by atoms with Crippen LogP contribution in [-0.4, -0.2) is 26.7 Å². The zero-order chi connectivity index (χ0) is 18.5. The fourth-order valence-corrected chi connectivity index (χ4v) is 3.17. The highest BCUT2D eigenvalue weighted by atomic mass is 79.9. The number of amides is 1. The minimum absolute atomic E-state index is 0.0341. The van der Waals surface area contributed by atoms with Crippen molar-refractivity contribution >= 4 is 32.8 Å². The monoisotopic (exact) mass is 417 g/mol. The largest absolute Gasteiger partial charge is 0.493 e. The average Bonchev–Trinajstić information content (AvgIpc) is 3.03. The van der Waals surface area contributed by atoms with Crippen molar-refractivity contribution in [1.29, 1.82) is 0 Å². The Balaban J connectivity index is 1.56. The zero-order valence-electron chi connectivity index (χ0n) is 14.7. The fourth-order valence-electron chi connectivity index (χ4n) is 2.81. The van der Waals surface area contributed by atoms with Gasteiger partial charge in [0, 0.05) is 22.0 Å². The van der Waals surface area contributed by atoms with E-state index in [1.54, 1.807) is 20.5 Å². The summed E-state index contributed by atoms with van der Waals surface area (Å²) in [7, 11) is 3.22. The van der Waals surface area contributed by atoms with Gasteiger partial charge in [-0.05, 0) is 42.3 Å². The number of carbonyl (C=O) groups excluding carboxylic acids is 1. The first-order valence-electron chi connectivity index (χ1n) is 8.24. The number of rotatable bonds is 7. The van der Waals surface area contributed by atoms with Gasteiger partial charge < -0.3 is 19.2 Å². The number of furan rings is 1. The predicted molar refractivity (Wildman–Crippen MR) is 104 cm³/mol. The standard InChI is InChI=1S/C20H20BrNO4/c1-24-18-5-3-13(9-19(18)25-2)7-8-22-20(23)10-14-12-26-17-6-4-15(21)11-16(14)17/h3-6,9,11-12H,7-8,10H2,1-2H3,(H,22,23). The number of carbonyl (C=O) groups is 1. The van der Waals surface area contributed by atoms with Gasteiger partial charge in [-0.2, -0.15) is 0 Å².